The first-order valence-corrected chi connectivity index (χ1v) is 12.5. The Morgan fingerprint density at radius 2 is 0.710 bits per heavy atom. The monoisotopic (exact) mass is 486 g/mol. The fourth-order valence-electron chi connectivity index (χ4n) is 2.70. The summed E-state index contributed by atoms with van der Waals surface area (Å²) in [6.45, 7) is 7.35. The van der Waals surface area contributed by atoms with Gasteiger partial charge in [0, 0.05) is 0 Å². The molecule has 0 saturated heterocycles. The van der Waals surface area contributed by atoms with E-state index in [0.29, 0.717) is 54.3 Å². The van der Waals surface area contributed by atoms with Crippen molar-refractivity contribution in [2.24, 2.45) is 0 Å². The molecule has 3 aromatic rings. The average Bonchev–Trinajstić information content (AvgIpc) is 2.78. The van der Waals surface area contributed by atoms with E-state index in [9.17, 15) is 0 Å². The Kier molecular flexibility index (Phi) is 8.80. The van der Waals surface area contributed by atoms with Crippen LogP contribution in [0.25, 0.3) is 0 Å². The molecule has 0 unspecified atom stereocenters. The molecule has 3 rings (SSSR count). The molecule has 6 nitrogen and oxygen atoms in total. The van der Waals surface area contributed by atoms with Crippen LogP contribution in [0, 0.1) is 0 Å². The molecule has 3 aromatic carbocycles. The summed E-state index contributed by atoms with van der Waals surface area (Å²) < 4.78 is 35.8. The number of hydrogen-bond acceptors (Lipinski definition) is 6. The van der Waals surface area contributed by atoms with Gasteiger partial charge in [0.15, 0.2) is 0 Å². The maximum atomic E-state index is 6.24. The van der Waals surface area contributed by atoms with Crippen molar-refractivity contribution >= 4 is 15.7 Å². The normalized spacial score (nSPS) is 10.5. The molecular formula is C24H27AsO6. The van der Waals surface area contributed by atoms with Gasteiger partial charge in [0.25, 0.3) is 0 Å². The number of ether oxygens (including phenoxy) is 3. The Bertz CT molecular complexity index is 826. The fourth-order valence-corrected chi connectivity index (χ4v) is 4.89. The van der Waals surface area contributed by atoms with Gasteiger partial charge in [-0.2, -0.15) is 0 Å². The Hall–Kier alpha value is -2.98. The van der Waals surface area contributed by atoms with E-state index in [0.717, 1.165) is 0 Å². The van der Waals surface area contributed by atoms with Gasteiger partial charge in [0.2, 0.25) is 0 Å². The first kappa shape index (κ1) is 22.7. The predicted molar refractivity (Wildman–Crippen MR) is 120 cm³/mol. The summed E-state index contributed by atoms with van der Waals surface area (Å²) in [6, 6.07) is 22.4. The minimum absolute atomic E-state index is 0.523. The molecule has 0 saturated carbocycles. The maximum absolute atomic E-state index is 6.24. The number of hydrogen-bond donors (Lipinski definition) is 0. The summed E-state index contributed by atoms with van der Waals surface area (Å²) in [6.07, 6.45) is 0. The third-order valence-corrected chi connectivity index (χ3v) is 6.14. The third kappa shape index (κ3) is 6.50. The topological polar surface area (TPSA) is 55.4 Å². The van der Waals surface area contributed by atoms with Crippen LogP contribution in [0.3, 0.4) is 0 Å². The second-order valence-electron chi connectivity index (χ2n) is 6.14. The van der Waals surface area contributed by atoms with E-state index >= 15 is 0 Å². The standard InChI is InChI=1S/C24H27AsO6/c1-4-26-19-13-7-10-16-22(19)29-25(30-23-17-11-8-14-20(23)27-5-2)31-24-18-12-9-15-21(24)28-6-3/h7-18H,4-6H2,1-3H3. The zero-order valence-electron chi connectivity index (χ0n) is 17.9. The van der Waals surface area contributed by atoms with E-state index in [-0.39, 0.29) is 0 Å². The van der Waals surface area contributed by atoms with Crippen molar-refractivity contribution in [3.8, 4) is 34.5 Å². The number of benzene rings is 3. The van der Waals surface area contributed by atoms with E-state index in [2.05, 4.69) is 0 Å². The van der Waals surface area contributed by atoms with E-state index in [1.807, 2.05) is 93.6 Å². The van der Waals surface area contributed by atoms with Crippen LogP contribution >= 0.6 is 0 Å². The molecule has 0 aliphatic heterocycles. The molecule has 0 N–H and O–H groups in total. The van der Waals surface area contributed by atoms with Crippen LogP contribution in [-0.4, -0.2) is 35.5 Å². The number of para-hydroxylation sites is 6. The zero-order valence-corrected chi connectivity index (χ0v) is 19.8. The van der Waals surface area contributed by atoms with Gasteiger partial charge in [-0.25, -0.2) is 0 Å². The van der Waals surface area contributed by atoms with Crippen LogP contribution in [0.5, 0.6) is 34.5 Å². The fraction of sp³-hybridized carbons (Fsp3) is 0.250. The number of rotatable bonds is 12. The van der Waals surface area contributed by atoms with Crippen molar-refractivity contribution < 1.29 is 25.4 Å². The molecule has 0 radical (unpaired) electrons. The van der Waals surface area contributed by atoms with Gasteiger partial charge in [0.1, 0.15) is 0 Å². The predicted octanol–water partition coefficient (Wildman–Crippen LogP) is 5.40. The van der Waals surface area contributed by atoms with Gasteiger partial charge < -0.3 is 0 Å². The molecular weight excluding hydrogens is 459 g/mol. The summed E-state index contributed by atoms with van der Waals surface area (Å²) >= 11 is -2.90. The van der Waals surface area contributed by atoms with Crippen molar-refractivity contribution in [1.82, 2.24) is 0 Å². The van der Waals surface area contributed by atoms with Crippen molar-refractivity contribution in [3.63, 3.8) is 0 Å². The van der Waals surface area contributed by atoms with Gasteiger partial charge in [0.05, 0.1) is 0 Å². The summed E-state index contributed by atoms with van der Waals surface area (Å²) in [4.78, 5) is 0. The van der Waals surface area contributed by atoms with Crippen LogP contribution in [-0.2, 0) is 0 Å². The van der Waals surface area contributed by atoms with Crippen LogP contribution in [0.4, 0.5) is 0 Å². The molecule has 0 amide bonds. The van der Waals surface area contributed by atoms with Gasteiger partial charge in [-0.3, -0.25) is 0 Å². The molecule has 0 spiro atoms. The molecule has 0 aliphatic rings. The van der Waals surface area contributed by atoms with Crippen LogP contribution in [0.15, 0.2) is 72.8 Å². The molecule has 0 fully saturated rings. The van der Waals surface area contributed by atoms with Crippen molar-refractivity contribution in [1.29, 1.82) is 0 Å². The van der Waals surface area contributed by atoms with Gasteiger partial charge in [-0.05, 0) is 0 Å². The molecule has 0 heterocycles. The Morgan fingerprint density at radius 1 is 0.452 bits per heavy atom. The Labute approximate surface area is 188 Å². The first-order valence-electron chi connectivity index (χ1n) is 10.2. The van der Waals surface area contributed by atoms with Gasteiger partial charge in [-0.1, -0.05) is 0 Å². The molecule has 0 bridgehead atoms. The van der Waals surface area contributed by atoms with Crippen LogP contribution in [0.2, 0.25) is 0 Å². The molecule has 164 valence electrons. The van der Waals surface area contributed by atoms with Crippen molar-refractivity contribution in [3.05, 3.63) is 72.8 Å². The Morgan fingerprint density at radius 3 is 0.968 bits per heavy atom. The second kappa shape index (κ2) is 12.0. The average molecular weight is 486 g/mol. The molecule has 0 atom stereocenters. The summed E-state index contributed by atoms with van der Waals surface area (Å²) in [5, 5.41) is 0. The first-order chi connectivity index (χ1) is 15.2. The molecule has 0 aliphatic carbocycles. The van der Waals surface area contributed by atoms with Crippen molar-refractivity contribution in [2.45, 2.75) is 20.8 Å². The second-order valence-corrected chi connectivity index (χ2v) is 8.22. The molecule has 31 heavy (non-hydrogen) atoms. The SMILES string of the molecule is CCOc1ccccc1O[As](Oc1ccccc1OCC)Oc1ccccc1OCC. The summed E-state index contributed by atoms with van der Waals surface area (Å²) in [5.74, 6) is 3.58. The van der Waals surface area contributed by atoms with Crippen LogP contribution < -0.4 is 25.4 Å². The van der Waals surface area contributed by atoms with Crippen LogP contribution in [0.1, 0.15) is 20.8 Å². The minimum atomic E-state index is -2.90. The third-order valence-electron chi connectivity index (χ3n) is 3.97. The van der Waals surface area contributed by atoms with E-state index in [1.54, 1.807) is 0 Å². The van der Waals surface area contributed by atoms with E-state index in [1.165, 1.54) is 0 Å². The Balaban J connectivity index is 1.91. The molecule has 7 heteroatoms. The summed E-state index contributed by atoms with van der Waals surface area (Å²) in [7, 11) is 0. The quantitative estimate of drug-likeness (QED) is 0.320. The van der Waals surface area contributed by atoms with Gasteiger partial charge >= 0.3 is 189 Å². The van der Waals surface area contributed by atoms with Crippen molar-refractivity contribution in [2.75, 3.05) is 19.8 Å². The zero-order chi connectivity index (χ0) is 21.9. The van der Waals surface area contributed by atoms with E-state index in [4.69, 9.17) is 25.4 Å². The molecule has 0 aromatic heterocycles. The van der Waals surface area contributed by atoms with Gasteiger partial charge in [-0.15, -0.1) is 0 Å². The van der Waals surface area contributed by atoms with E-state index < -0.39 is 15.7 Å². The summed E-state index contributed by atoms with van der Waals surface area (Å²) in [5.41, 5.74) is 0.